The van der Waals surface area contributed by atoms with Crippen LogP contribution in [0.4, 0.5) is 4.39 Å². The van der Waals surface area contributed by atoms with Crippen LogP contribution < -0.4 is 5.32 Å². The number of aromatic nitrogens is 3. The molecule has 1 aliphatic rings. The highest BCUT2D eigenvalue weighted by Gasteiger charge is 2.19. The predicted molar refractivity (Wildman–Crippen MR) is 96.7 cm³/mol. The fourth-order valence-corrected chi connectivity index (χ4v) is 3.13. The number of nitrogens with zero attached hydrogens (tertiary/aromatic N) is 4. The number of nitrogens with one attached hydrogen (secondary N) is 1. The smallest absolute Gasteiger partial charge is 0.223 e. The van der Waals surface area contributed by atoms with Gasteiger partial charge in [0.1, 0.15) is 11.6 Å². The first-order valence-electron chi connectivity index (χ1n) is 9.22. The van der Waals surface area contributed by atoms with E-state index in [-0.39, 0.29) is 17.6 Å². The molecule has 3 rings (SSSR count). The Hall–Kier alpha value is -2.28. The highest BCUT2D eigenvalue weighted by Crippen LogP contribution is 2.13. The van der Waals surface area contributed by atoms with E-state index in [0.29, 0.717) is 6.54 Å². The van der Waals surface area contributed by atoms with Gasteiger partial charge in [0.25, 0.3) is 0 Å². The SMILES string of the molecule is CCC(C)C(=O)NCc1nnc2n1CCN(Cc1cccc(F)c1)CC2. The van der Waals surface area contributed by atoms with Crippen LogP contribution in [0.15, 0.2) is 24.3 Å². The van der Waals surface area contributed by atoms with Gasteiger partial charge < -0.3 is 9.88 Å². The number of benzene rings is 1. The number of hydrogen-bond acceptors (Lipinski definition) is 4. The van der Waals surface area contributed by atoms with Crippen molar-refractivity contribution in [1.82, 2.24) is 25.0 Å². The predicted octanol–water partition coefficient (Wildman–Crippen LogP) is 2.14. The molecule has 1 amide bonds. The molecule has 1 aromatic heterocycles. The van der Waals surface area contributed by atoms with E-state index in [9.17, 15) is 9.18 Å². The quantitative estimate of drug-likeness (QED) is 0.858. The summed E-state index contributed by atoms with van der Waals surface area (Å²) in [6.07, 6.45) is 1.61. The number of rotatable bonds is 6. The topological polar surface area (TPSA) is 63.1 Å². The van der Waals surface area contributed by atoms with Gasteiger partial charge in [-0.05, 0) is 24.1 Å². The second-order valence-electron chi connectivity index (χ2n) is 6.87. The lowest BCUT2D eigenvalue weighted by molar-refractivity contribution is -0.124. The standard InChI is InChI=1S/C19H26FN5O/c1-3-14(2)19(26)21-12-18-23-22-17-7-8-24(9-10-25(17)18)13-15-5-4-6-16(20)11-15/h4-6,11,14H,3,7-10,12-13H2,1-2H3,(H,21,26). The minimum absolute atomic E-state index is 0.00304. The third kappa shape index (κ3) is 4.46. The van der Waals surface area contributed by atoms with Crippen molar-refractivity contribution in [3.05, 3.63) is 47.3 Å². The second-order valence-corrected chi connectivity index (χ2v) is 6.87. The summed E-state index contributed by atoms with van der Waals surface area (Å²) < 4.78 is 15.5. The van der Waals surface area contributed by atoms with Gasteiger partial charge >= 0.3 is 0 Å². The van der Waals surface area contributed by atoms with E-state index in [1.807, 2.05) is 19.9 Å². The van der Waals surface area contributed by atoms with Gasteiger partial charge in [0.15, 0.2) is 5.82 Å². The molecule has 2 heterocycles. The maximum absolute atomic E-state index is 13.4. The van der Waals surface area contributed by atoms with Crippen LogP contribution in [0, 0.1) is 11.7 Å². The summed E-state index contributed by atoms with van der Waals surface area (Å²) in [5, 5.41) is 11.5. The number of halogens is 1. The normalized spacial score (nSPS) is 16.0. The molecule has 26 heavy (non-hydrogen) atoms. The third-order valence-corrected chi connectivity index (χ3v) is 4.97. The molecule has 0 saturated heterocycles. The minimum Gasteiger partial charge on any atom is -0.349 e. The first-order chi connectivity index (χ1) is 12.6. The first kappa shape index (κ1) is 18.5. The van der Waals surface area contributed by atoms with Crippen LogP contribution >= 0.6 is 0 Å². The Bertz CT molecular complexity index is 760. The number of carbonyl (C=O) groups is 1. The van der Waals surface area contributed by atoms with Gasteiger partial charge in [0.05, 0.1) is 6.54 Å². The van der Waals surface area contributed by atoms with Crippen molar-refractivity contribution in [1.29, 1.82) is 0 Å². The Morgan fingerprint density at radius 1 is 1.31 bits per heavy atom. The highest BCUT2D eigenvalue weighted by atomic mass is 19.1. The molecule has 6 nitrogen and oxygen atoms in total. The van der Waals surface area contributed by atoms with Gasteiger partial charge in [-0.25, -0.2) is 4.39 Å². The lowest BCUT2D eigenvalue weighted by atomic mass is 10.1. The van der Waals surface area contributed by atoms with Crippen LogP contribution in [0.5, 0.6) is 0 Å². The lowest BCUT2D eigenvalue weighted by Crippen LogP contribution is -2.30. The molecule has 0 radical (unpaired) electrons. The van der Waals surface area contributed by atoms with Crippen molar-refractivity contribution in [2.24, 2.45) is 5.92 Å². The van der Waals surface area contributed by atoms with Crippen molar-refractivity contribution < 1.29 is 9.18 Å². The summed E-state index contributed by atoms with van der Waals surface area (Å²) in [6, 6.07) is 6.74. The number of amides is 1. The Balaban J connectivity index is 1.60. The summed E-state index contributed by atoms with van der Waals surface area (Å²) in [5.74, 6) is 1.59. The molecular weight excluding hydrogens is 333 g/mol. The maximum atomic E-state index is 13.4. The van der Waals surface area contributed by atoms with Crippen LogP contribution in [0.3, 0.4) is 0 Å². The van der Waals surface area contributed by atoms with Crippen LogP contribution in [-0.2, 0) is 30.8 Å². The molecule has 140 valence electrons. The molecule has 7 heteroatoms. The molecule has 1 atom stereocenters. The average molecular weight is 359 g/mol. The van der Waals surface area contributed by atoms with Crippen LogP contribution in [0.2, 0.25) is 0 Å². The van der Waals surface area contributed by atoms with Crippen molar-refractivity contribution in [2.45, 2.75) is 46.3 Å². The van der Waals surface area contributed by atoms with Crippen molar-refractivity contribution in [3.63, 3.8) is 0 Å². The molecule has 0 aliphatic carbocycles. The van der Waals surface area contributed by atoms with Crippen LogP contribution in [0.25, 0.3) is 0 Å². The highest BCUT2D eigenvalue weighted by molar-refractivity contribution is 5.78. The van der Waals surface area contributed by atoms with Crippen LogP contribution in [0.1, 0.15) is 37.5 Å². The van der Waals surface area contributed by atoms with Gasteiger partial charge in [-0.2, -0.15) is 0 Å². The molecule has 1 aliphatic heterocycles. The molecule has 2 aromatic rings. The van der Waals surface area contributed by atoms with E-state index in [1.165, 1.54) is 6.07 Å². The summed E-state index contributed by atoms with van der Waals surface area (Å²) in [6.45, 7) is 7.51. The Labute approximate surface area is 153 Å². The Morgan fingerprint density at radius 2 is 2.15 bits per heavy atom. The lowest BCUT2D eigenvalue weighted by Gasteiger charge is -2.19. The molecule has 0 bridgehead atoms. The Morgan fingerprint density at radius 3 is 2.92 bits per heavy atom. The van der Waals surface area contributed by atoms with E-state index in [2.05, 4.69) is 25.0 Å². The van der Waals surface area contributed by atoms with E-state index < -0.39 is 0 Å². The Kier molecular flexibility index (Phi) is 5.98. The van der Waals surface area contributed by atoms with E-state index in [0.717, 1.165) is 56.2 Å². The summed E-state index contributed by atoms with van der Waals surface area (Å²) in [5.41, 5.74) is 0.976. The van der Waals surface area contributed by atoms with E-state index in [4.69, 9.17) is 0 Å². The third-order valence-electron chi connectivity index (χ3n) is 4.97. The van der Waals surface area contributed by atoms with E-state index in [1.54, 1.807) is 12.1 Å². The summed E-state index contributed by atoms with van der Waals surface area (Å²) in [4.78, 5) is 14.3. The fourth-order valence-electron chi connectivity index (χ4n) is 3.13. The van der Waals surface area contributed by atoms with Gasteiger partial charge in [0.2, 0.25) is 5.91 Å². The van der Waals surface area contributed by atoms with Crippen molar-refractivity contribution in [3.8, 4) is 0 Å². The fraction of sp³-hybridized carbons (Fsp3) is 0.526. The molecule has 0 spiro atoms. The first-order valence-corrected chi connectivity index (χ1v) is 9.22. The molecule has 0 saturated carbocycles. The largest absolute Gasteiger partial charge is 0.349 e. The number of carbonyl (C=O) groups excluding carboxylic acids is 1. The zero-order valence-electron chi connectivity index (χ0n) is 15.4. The molecule has 1 unspecified atom stereocenters. The molecule has 0 fully saturated rings. The van der Waals surface area contributed by atoms with Gasteiger partial charge in [0, 0.05) is 38.5 Å². The monoisotopic (exact) mass is 359 g/mol. The molecular formula is C19H26FN5O. The molecule has 1 aromatic carbocycles. The number of fused-ring (bicyclic) bond motifs is 1. The maximum Gasteiger partial charge on any atom is 0.223 e. The van der Waals surface area contributed by atoms with Gasteiger partial charge in [-0.3, -0.25) is 9.69 Å². The summed E-state index contributed by atoms with van der Waals surface area (Å²) in [7, 11) is 0. The molecule has 1 N–H and O–H groups in total. The average Bonchev–Trinajstić information content (AvgIpc) is 2.92. The van der Waals surface area contributed by atoms with Crippen LogP contribution in [-0.4, -0.2) is 38.7 Å². The van der Waals surface area contributed by atoms with Crippen molar-refractivity contribution >= 4 is 5.91 Å². The minimum atomic E-state index is -0.200. The zero-order chi connectivity index (χ0) is 18.5. The van der Waals surface area contributed by atoms with Crippen molar-refractivity contribution in [2.75, 3.05) is 13.1 Å². The summed E-state index contributed by atoms with van der Waals surface area (Å²) >= 11 is 0. The van der Waals surface area contributed by atoms with Gasteiger partial charge in [-0.1, -0.05) is 26.0 Å². The zero-order valence-corrected chi connectivity index (χ0v) is 15.4. The number of hydrogen-bond donors (Lipinski definition) is 1. The van der Waals surface area contributed by atoms with E-state index >= 15 is 0 Å². The van der Waals surface area contributed by atoms with Gasteiger partial charge in [-0.15, -0.1) is 10.2 Å². The second kappa shape index (κ2) is 8.40.